The van der Waals surface area contributed by atoms with Crippen molar-refractivity contribution < 1.29 is 28.7 Å². The predicted molar refractivity (Wildman–Crippen MR) is 163 cm³/mol. The van der Waals surface area contributed by atoms with Gasteiger partial charge >= 0.3 is 0 Å². The first-order chi connectivity index (χ1) is 21.3. The molecule has 2 aliphatic heterocycles. The molecule has 1 aromatic heterocycles. The van der Waals surface area contributed by atoms with Crippen LogP contribution in [-0.4, -0.2) is 103 Å². The number of piperazine rings is 1. The number of nitrogens with one attached hydrogen (secondary N) is 2. The van der Waals surface area contributed by atoms with E-state index >= 15 is 0 Å². The maximum atomic E-state index is 14.6. The standard InChI is InChI=1S/C32H40N6O6/c1-23(39)36-14-16-37(17-15-36)31(42)32(11-6-18-43-2)20-24-7-5-8-25(19-24)44-21-28(40)33-12-13-38-29(30(41)34-22-32)26-9-3-4-10-27(26)35-38/h3-5,7-10,19H,6,11-18,20-22H2,1-2H3,(H,33,40)(H,34,41). The lowest BCUT2D eigenvalue weighted by Crippen LogP contribution is -2.57. The summed E-state index contributed by atoms with van der Waals surface area (Å²) < 4.78 is 12.8. The third-order valence-corrected chi connectivity index (χ3v) is 8.37. The Morgan fingerprint density at radius 2 is 1.77 bits per heavy atom. The summed E-state index contributed by atoms with van der Waals surface area (Å²) in [6.45, 7) is 4.17. The fraction of sp³-hybridized carbons (Fsp3) is 0.469. The van der Waals surface area contributed by atoms with Gasteiger partial charge in [0.15, 0.2) is 6.61 Å². The van der Waals surface area contributed by atoms with Gasteiger partial charge in [0.2, 0.25) is 11.8 Å². The summed E-state index contributed by atoms with van der Waals surface area (Å²) in [5.74, 6) is -0.221. The van der Waals surface area contributed by atoms with E-state index in [1.54, 1.807) is 27.7 Å². The molecule has 3 heterocycles. The minimum absolute atomic E-state index is 0.0155. The van der Waals surface area contributed by atoms with E-state index in [1.807, 2.05) is 42.5 Å². The van der Waals surface area contributed by atoms with Crippen molar-refractivity contribution in [1.82, 2.24) is 30.2 Å². The third kappa shape index (κ3) is 7.02. The topological polar surface area (TPSA) is 135 Å². The third-order valence-electron chi connectivity index (χ3n) is 8.37. The van der Waals surface area contributed by atoms with E-state index in [4.69, 9.17) is 9.47 Å². The molecule has 234 valence electrons. The van der Waals surface area contributed by atoms with Gasteiger partial charge in [0.25, 0.3) is 11.8 Å². The lowest BCUT2D eigenvalue weighted by Gasteiger charge is -2.41. The molecule has 12 nitrogen and oxygen atoms in total. The Hall–Kier alpha value is -4.45. The Labute approximate surface area is 256 Å². The zero-order valence-electron chi connectivity index (χ0n) is 25.3. The lowest BCUT2D eigenvalue weighted by atomic mass is 9.75. The molecular weight excluding hydrogens is 564 g/mol. The average molecular weight is 605 g/mol. The van der Waals surface area contributed by atoms with E-state index in [0.717, 1.165) is 5.56 Å². The van der Waals surface area contributed by atoms with Crippen LogP contribution in [0, 0.1) is 5.41 Å². The van der Waals surface area contributed by atoms with Crippen molar-refractivity contribution in [3.05, 3.63) is 59.8 Å². The molecule has 1 unspecified atom stereocenters. The van der Waals surface area contributed by atoms with E-state index in [9.17, 15) is 19.2 Å². The number of fused-ring (bicyclic) bond motifs is 5. The summed E-state index contributed by atoms with van der Waals surface area (Å²) in [7, 11) is 1.62. The second-order valence-electron chi connectivity index (χ2n) is 11.4. The van der Waals surface area contributed by atoms with Gasteiger partial charge in [-0.2, -0.15) is 5.10 Å². The molecule has 4 amide bonds. The Morgan fingerprint density at radius 3 is 2.55 bits per heavy atom. The van der Waals surface area contributed by atoms with Gasteiger partial charge in [-0.15, -0.1) is 0 Å². The number of rotatable bonds is 5. The molecule has 3 aromatic rings. The van der Waals surface area contributed by atoms with Crippen LogP contribution in [0.25, 0.3) is 10.9 Å². The van der Waals surface area contributed by atoms with E-state index in [1.165, 1.54) is 6.92 Å². The highest BCUT2D eigenvalue weighted by atomic mass is 16.5. The number of carbonyl (C=O) groups is 4. The Kier molecular flexibility index (Phi) is 9.78. The van der Waals surface area contributed by atoms with Gasteiger partial charge < -0.3 is 29.9 Å². The number of hydrogen-bond donors (Lipinski definition) is 2. The highest BCUT2D eigenvalue weighted by Gasteiger charge is 2.42. The quantitative estimate of drug-likeness (QED) is 0.423. The van der Waals surface area contributed by atoms with Crippen LogP contribution >= 0.6 is 0 Å². The van der Waals surface area contributed by atoms with Gasteiger partial charge in [-0.05, 0) is 43.0 Å². The smallest absolute Gasteiger partial charge is 0.270 e. The van der Waals surface area contributed by atoms with Crippen LogP contribution in [0.15, 0.2) is 48.5 Å². The number of amides is 4. The van der Waals surface area contributed by atoms with Gasteiger partial charge in [0.05, 0.1) is 17.5 Å². The number of nitrogens with zero attached hydrogens (tertiary/aromatic N) is 4. The number of carbonyl (C=O) groups excluding carboxylic acids is 4. The van der Waals surface area contributed by atoms with Gasteiger partial charge in [-0.25, -0.2) is 0 Å². The second-order valence-corrected chi connectivity index (χ2v) is 11.4. The molecule has 12 heteroatoms. The summed E-state index contributed by atoms with van der Waals surface area (Å²) >= 11 is 0. The highest BCUT2D eigenvalue weighted by Crippen LogP contribution is 2.33. The lowest BCUT2D eigenvalue weighted by molar-refractivity contribution is -0.147. The van der Waals surface area contributed by atoms with Crippen LogP contribution in [0.3, 0.4) is 0 Å². The van der Waals surface area contributed by atoms with Gasteiger partial charge in [-0.1, -0.05) is 30.3 Å². The maximum absolute atomic E-state index is 14.6. The SMILES string of the molecule is COCCCC1(C(=O)N2CCN(C(C)=O)CC2)CNC(=O)c2c3ccccc3nn2CCNC(=O)COc2cccc(c2)C1. The van der Waals surface area contributed by atoms with Gasteiger partial charge in [0.1, 0.15) is 11.4 Å². The molecule has 1 saturated heterocycles. The van der Waals surface area contributed by atoms with Crippen molar-refractivity contribution in [3.8, 4) is 5.75 Å². The molecule has 1 fully saturated rings. The molecule has 5 rings (SSSR count). The first kappa shape index (κ1) is 31.0. The molecule has 0 saturated carbocycles. The summed E-state index contributed by atoms with van der Waals surface area (Å²) in [6.07, 6.45) is 1.38. The minimum Gasteiger partial charge on any atom is -0.484 e. The number of benzene rings is 2. The molecule has 2 aromatic carbocycles. The van der Waals surface area contributed by atoms with Crippen LogP contribution < -0.4 is 15.4 Å². The monoisotopic (exact) mass is 604 g/mol. The van der Waals surface area contributed by atoms with Gasteiger partial charge in [-0.3, -0.25) is 23.9 Å². The molecule has 1 atom stereocenters. The van der Waals surface area contributed by atoms with Crippen molar-refractivity contribution in [1.29, 1.82) is 0 Å². The highest BCUT2D eigenvalue weighted by molar-refractivity contribution is 6.05. The number of ether oxygens (including phenoxy) is 2. The second kappa shape index (κ2) is 13.9. The van der Waals surface area contributed by atoms with E-state index in [2.05, 4.69) is 15.7 Å². The first-order valence-electron chi connectivity index (χ1n) is 15.1. The summed E-state index contributed by atoms with van der Waals surface area (Å²) in [5, 5.41) is 11.3. The molecule has 2 aliphatic rings. The molecule has 0 spiro atoms. The number of hydrogen-bond acceptors (Lipinski definition) is 7. The summed E-state index contributed by atoms with van der Waals surface area (Å²) in [6, 6.07) is 14.8. The minimum atomic E-state index is -1.01. The zero-order valence-corrected chi connectivity index (χ0v) is 25.3. The first-order valence-corrected chi connectivity index (χ1v) is 15.1. The largest absolute Gasteiger partial charge is 0.484 e. The Morgan fingerprint density at radius 1 is 1.00 bits per heavy atom. The van der Waals surface area contributed by atoms with E-state index in [0.29, 0.717) is 74.4 Å². The van der Waals surface area contributed by atoms with Crippen molar-refractivity contribution in [3.63, 3.8) is 0 Å². The zero-order chi connectivity index (χ0) is 31.1. The van der Waals surface area contributed by atoms with Crippen molar-refractivity contribution in [2.75, 3.05) is 59.6 Å². The molecule has 2 bridgehead atoms. The molecule has 0 aliphatic carbocycles. The Balaban J connectivity index is 1.54. The summed E-state index contributed by atoms with van der Waals surface area (Å²) in [5.41, 5.74) is 0.855. The molecule has 44 heavy (non-hydrogen) atoms. The van der Waals surface area contributed by atoms with Crippen LogP contribution in [0.5, 0.6) is 5.75 Å². The van der Waals surface area contributed by atoms with Crippen LogP contribution in [0.1, 0.15) is 35.8 Å². The van der Waals surface area contributed by atoms with Crippen molar-refractivity contribution >= 4 is 34.5 Å². The fourth-order valence-corrected chi connectivity index (χ4v) is 6.06. The molecule has 2 N–H and O–H groups in total. The fourth-order valence-electron chi connectivity index (χ4n) is 6.06. The summed E-state index contributed by atoms with van der Waals surface area (Å²) in [4.78, 5) is 56.6. The average Bonchev–Trinajstić information content (AvgIpc) is 3.40. The molecular formula is C32H40N6O6. The predicted octanol–water partition coefficient (Wildman–Crippen LogP) is 1.62. The maximum Gasteiger partial charge on any atom is 0.270 e. The van der Waals surface area contributed by atoms with E-state index < -0.39 is 5.41 Å². The normalized spacial score (nSPS) is 20.0. The molecule has 0 radical (unpaired) electrons. The van der Waals surface area contributed by atoms with Gasteiger partial charge in [0, 0.05) is 65.3 Å². The van der Waals surface area contributed by atoms with Crippen LogP contribution in [-0.2, 0) is 32.1 Å². The van der Waals surface area contributed by atoms with Crippen LogP contribution in [0.2, 0.25) is 0 Å². The van der Waals surface area contributed by atoms with Crippen molar-refractivity contribution in [2.45, 2.75) is 32.7 Å². The van der Waals surface area contributed by atoms with E-state index in [-0.39, 0.29) is 49.9 Å². The van der Waals surface area contributed by atoms with Crippen LogP contribution in [0.4, 0.5) is 0 Å². The Bertz CT molecular complexity index is 1510. The number of methoxy groups -OCH3 is 1. The number of aromatic nitrogens is 2. The van der Waals surface area contributed by atoms with Crippen molar-refractivity contribution in [2.24, 2.45) is 5.41 Å².